The quantitative estimate of drug-likeness (QED) is 0.761. The summed E-state index contributed by atoms with van der Waals surface area (Å²) in [5, 5.41) is 15.1. The van der Waals surface area contributed by atoms with Crippen molar-refractivity contribution in [2.75, 3.05) is 46.9 Å². The summed E-state index contributed by atoms with van der Waals surface area (Å²) in [6.07, 6.45) is 1.82. The standard InChI is InChI=1S/C15H20N4O2/c1-18-6-8-19(9-7-18)17-12-13-3-4-14(21-10-5-16)15(11-13)20-2/h3-4,11-12H,6-10H2,1-2H3/b17-12+. The van der Waals surface area contributed by atoms with Gasteiger partial charge < -0.3 is 14.4 Å². The van der Waals surface area contributed by atoms with Crippen molar-refractivity contribution in [2.45, 2.75) is 0 Å². The molecule has 6 nitrogen and oxygen atoms in total. The number of hydrogen-bond acceptors (Lipinski definition) is 6. The molecule has 112 valence electrons. The lowest BCUT2D eigenvalue weighted by atomic mass is 10.2. The van der Waals surface area contributed by atoms with Crippen LogP contribution in [-0.2, 0) is 0 Å². The Bertz CT molecular complexity index is 531. The second-order valence-electron chi connectivity index (χ2n) is 4.86. The Kier molecular flexibility index (Phi) is 5.41. The highest BCUT2D eigenvalue weighted by Crippen LogP contribution is 2.27. The third-order valence-corrected chi connectivity index (χ3v) is 3.33. The van der Waals surface area contributed by atoms with Gasteiger partial charge in [0.1, 0.15) is 6.07 Å². The summed E-state index contributed by atoms with van der Waals surface area (Å²) in [7, 11) is 3.70. The molecule has 0 saturated carbocycles. The SMILES string of the molecule is COc1cc(/C=N/N2CCN(C)CC2)ccc1OCC#N. The Morgan fingerprint density at radius 2 is 2.05 bits per heavy atom. The first-order chi connectivity index (χ1) is 10.2. The minimum Gasteiger partial charge on any atom is -0.493 e. The smallest absolute Gasteiger partial charge is 0.174 e. The highest BCUT2D eigenvalue weighted by atomic mass is 16.5. The predicted octanol–water partition coefficient (Wildman–Crippen LogP) is 1.18. The maximum absolute atomic E-state index is 8.55. The number of benzene rings is 1. The molecule has 1 aliphatic rings. The molecule has 1 aromatic carbocycles. The van der Waals surface area contributed by atoms with Gasteiger partial charge >= 0.3 is 0 Å². The van der Waals surface area contributed by atoms with Gasteiger partial charge in [0.05, 0.1) is 13.3 Å². The maximum Gasteiger partial charge on any atom is 0.174 e. The molecule has 0 unspecified atom stereocenters. The van der Waals surface area contributed by atoms with Crippen LogP contribution < -0.4 is 9.47 Å². The summed E-state index contributed by atoms with van der Waals surface area (Å²) >= 11 is 0. The van der Waals surface area contributed by atoms with Crippen LogP contribution in [0.5, 0.6) is 11.5 Å². The molecule has 0 amide bonds. The molecule has 1 aliphatic heterocycles. The molecule has 1 saturated heterocycles. The van der Waals surface area contributed by atoms with Crippen molar-refractivity contribution < 1.29 is 9.47 Å². The molecule has 0 spiro atoms. The van der Waals surface area contributed by atoms with Crippen molar-refractivity contribution >= 4 is 6.21 Å². The van der Waals surface area contributed by atoms with E-state index in [1.165, 1.54) is 0 Å². The van der Waals surface area contributed by atoms with E-state index in [2.05, 4.69) is 22.1 Å². The van der Waals surface area contributed by atoms with Gasteiger partial charge in [0.15, 0.2) is 18.1 Å². The zero-order valence-corrected chi connectivity index (χ0v) is 12.5. The lowest BCUT2D eigenvalue weighted by molar-refractivity contribution is 0.159. The predicted molar refractivity (Wildman–Crippen MR) is 80.8 cm³/mol. The molecule has 0 aromatic heterocycles. The minimum absolute atomic E-state index is 0.00505. The average molecular weight is 288 g/mol. The number of nitrogens with zero attached hydrogens (tertiary/aromatic N) is 4. The number of ether oxygens (including phenoxy) is 2. The van der Waals surface area contributed by atoms with Crippen molar-refractivity contribution in [2.24, 2.45) is 5.10 Å². The second-order valence-corrected chi connectivity index (χ2v) is 4.86. The van der Waals surface area contributed by atoms with E-state index >= 15 is 0 Å². The summed E-state index contributed by atoms with van der Waals surface area (Å²) in [5.74, 6) is 1.17. The largest absolute Gasteiger partial charge is 0.493 e. The molecular weight excluding hydrogens is 268 g/mol. The number of rotatable bonds is 5. The Morgan fingerprint density at radius 3 is 2.71 bits per heavy atom. The van der Waals surface area contributed by atoms with Crippen molar-refractivity contribution in [3.63, 3.8) is 0 Å². The van der Waals surface area contributed by atoms with E-state index in [9.17, 15) is 0 Å². The highest BCUT2D eigenvalue weighted by Gasteiger charge is 2.11. The van der Waals surface area contributed by atoms with Crippen molar-refractivity contribution in [3.8, 4) is 17.6 Å². The second kappa shape index (κ2) is 7.50. The van der Waals surface area contributed by atoms with E-state index in [4.69, 9.17) is 14.7 Å². The molecule has 1 fully saturated rings. The molecule has 1 aromatic rings. The number of nitriles is 1. The zero-order chi connectivity index (χ0) is 15.1. The molecule has 21 heavy (non-hydrogen) atoms. The summed E-state index contributed by atoms with van der Waals surface area (Å²) in [6, 6.07) is 7.48. The van der Waals surface area contributed by atoms with E-state index < -0.39 is 0 Å². The summed E-state index contributed by atoms with van der Waals surface area (Å²) in [4.78, 5) is 2.29. The monoisotopic (exact) mass is 288 g/mol. The van der Waals surface area contributed by atoms with Gasteiger partial charge in [-0.3, -0.25) is 5.01 Å². The van der Waals surface area contributed by atoms with Gasteiger partial charge in [-0.15, -0.1) is 0 Å². The van der Waals surface area contributed by atoms with E-state index in [-0.39, 0.29) is 6.61 Å². The topological polar surface area (TPSA) is 61.1 Å². The van der Waals surface area contributed by atoms with E-state index in [0.717, 1.165) is 31.7 Å². The minimum atomic E-state index is 0.00505. The molecule has 0 N–H and O–H groups in total. The van der Waals surface area contributed by atoms with Crippen LogP contribution in [0, 0.1) is 11.3 Å². The molecule has 0 aliphatic carbocycles. The fraction of sp³-hybridized carbons (Fsp3) is 0.467. The van der Waals surface area contributed by atoms with Gasteiger partial charge in [0.2, 0.25) is 0 Å². The Morgan fingerprint density at radius 1 is 1.29 bits per heavy atom. The van der Waals surface area contributed by atoms with E-state index in [1.807, 2.05) is 24.4 Å². The van der Waals surface area contributed by atoms with Crippen LogP contribution in [0.3, 0.4) is 0 Å². The third kappa shape index (κ3) is 4.36. The van der Waals surface area contributed by atoms with E-state index in [0.29, 0.717) is 11.5 Å². The van der Waals surface area contributed by atoms with Crippen LogP contribution in [0.25, 0.3) is 0 Å². The van der Waals surface area contributed by atoms with Crippen LogP contribution >= 0.6 is 0 Å². The molecule has 0 bridgehead atoms. The van der Waals surface area contributed by atoms with Gasteiger partial charge in [-0.05, 0) is 30.8 Å². The number of hydrogen-bond donors (Lipinski definition) is 0. The number of hydrazone groups is 1. The van der Waals surface area contributed by atoms with Gasteiger partial charge in [-0.25, -0.2) is 0 Å². The Labute approximate surface area is 125 Å². The summed E-state index contributed by atoms with van der Waals surface area (Å²) in [5.41, 5.74) is 0.940. The summed E-state index contributed by atoms with van der Waals surface area (Å²) in [6.45, 7) is 3.94. The molecule has 6 heteroatoms. The lowest BCUT2D eigenvalue weighted by Crippen LogP contribution is -2.41. The molecule has 1 heterocycles. The third-order valence-electron chi connectivity index (χ3n) is 3.33. The molecule has 2 rings (SSSR count). The number of piperazine rings is 1. The average Bonchev–Trinajstić information content (AvgIpc) is 2.52. The normalized spacial score (nSPS) is 16.0. The van der Waals surface area contributed by atoms with Crippen LogP contribution in [0.2, 0.25) is 0 Å². The van der Waals surface area contributed by atoms with Crippen molar-refractivity contribution in [1.82, 2.24) is 9.91 Å². The highest BCUT2D eigenvalue weighted by molar-refractivity contribution is 5.80. The van der Waals surface area contributed by atoms with Gasteiger partial charge in [-0.2, -0.15) is 10.4 Å². The molecule has 0 atom stereocenters. The fourth-order valence-corrected chi connectivity index (χ4v) is 2.05. The first kappa shape index (κ1) is 15.1. The van der Waals surface area contributed by atoms with Crippen LogP contribution in [0.1, 0.15) is 5.56 Å². The molecular formula is C15H20N4O2. The first-order valence-corrected chi connectivity index (χ1v) is 6.88. The van der Waals surface area contributed by atoms with Gasteiger partial charge in [0, 0.05) is 26.2 Å². The Balaban J connectivity index is 2.01. The van der Waals surface area contributed by atoms with Gasteiger partial charge in [0.25, 0.3) is 0 Å². The zero-order valence-electron chi connectivity index (χ0n) is 12.5. The van der Waals surface area contributed by atoms with Crippen LogP contribution in [-0.4, -0.2) is 63.1 Å². The van der Waals surface area contributed by atoms with Crippen molar-refractivity contribution in [1.29, 1.82) is 5.26 Å². The number of methoxy groups -OCH3 is 1. The van der Waals surface area contributed by atoms with Crippen LogP contribution in [0.4, 0.5) is 0 Å². The molecule has 0 radical (unpaired) electrons. The first-order valence-electron chi connectivity index (χ1n) is 6.88. The van der Waals surface area contributed by atoms with Gasteiger partial charge in [-0.1, -0.05) is 0 Å². The lowest BCUT2D eigenvalue weighted by Gasteiger charge is -2.30. The summed E-state index contributed by atoms with van der Waals surface area (Å²) < 4.78 is 10.6. The Hall–Kier alpha value is -2.26. The fourth-order valence-electron chi connectivity index (χ4n) is 2.05. The van der Waals surface area contributed by atoms with E-state index in [1.54, 1.807) is 13.2 Å². The van der Waals surface area contributed by atoms with Crippen LogP contribution in [0.15, 0.2) is 23.3 Å². The maximum atomic E-state index is 8.55. The van der Waals surface area contributed by atoms with Crippen molar-refractivity contribution in [3.05, 3.63) is 23.8 Å². The number of likely N-dealkylation sites (N-methyl/N-ethyl adjacent to an activating group) is 1.